The summed E-state index contributed by atoms with van der Waals surface area (Å²) in [5, 5.41) is 12.2. The topological polar surface area (TPSA) is 66.7 Å². The predicted molar refractivity (Wildman–Crippen MR) is 118 cm³/mol. The van der Waals surface area contributed by atoms with Gasteiger partial charge in [-0.15, -0.1) is 0 Å². The Morgan fingerprint density at radius 2 is 1.83 bits per heavy atom. The van der Waals surface area contributed by atoms with Crippen LogP contribution in [0.15, 0.2) is 42.5 Å². The van der Waals surface area contributed by atoms with Gasteiger partial charge in [0.15, 0.2) is 0 Å². The first-order valence-corrected chi connectivity index (χ1v) is 10.9. The second-order valence-corrected chi connectivity index (χ2v) is 8.63. The highest BCUT2D eigenvalue weighted by molar-refractivity contribution is 6.31. The number of aryl methyl sites for hydroxylation is 1. The Kier molecular flexibility index (Phi) is 5.95. The molecule has 2 aromatic carbocycles. The van der Waals surface area contributed by atoms with E-state index in [0.717, 1.165) is 30.5 Å². The van der Waals surface area contributed by atoms with Crippen molar-refractivity contribution in [3.63, 3.8) is 0 Å². The average Bonchev–Trinajstić information content (AvgIpc) is 3.23. The van der Waals surface area contributed by atoms with E-state index in [1.165, 1.54) is 0 Å². The minimum Gasteiger partial charge on any atom is -0.366 e. The summed E-state index contributed by atoms with van der Waals surface area (Å²) in [6.45, 7) is 3.90. The molecule has 4 rings (SSSR count). The van der Waals surface area contributed by atoms with Crippen LogP contribution in [0.1, 0.15) is 42.9 Å². The number of nitro benzene ring substituents is 1. The first-order chi connectivity index (χ1) is 14.5. The molecule has 2 aliphatic heterocycles. The summed E-state index contributed by atoms with van der Waals surface area (Å²) in [5.74, 6) is 0.143. The third kappa shape index (κ3) is 4.01. The number of hydrogen-bond acceptors (Lipinski definition) is 4. The van der Waals surface area contributed by atoms with Crippen LogP contribution < -0.4 is 4.90 Å². The molecule has 2 aliphatic rings. The fourth-order valence-electron chi connectivity index (χ4n) is 4.75. The lowest BCUT2D eigenvalue weighted by Gasteiger charge is -2.36. The molecule has 1 atom stereocenters. The molecule has 0 aliphatic carbocycles. The smallest absolute Gasteiger partial charge is 0.292 e. The van der Waals surface area contributed by atoms with Crippen LogP contribution in [-0.2, 0) is 4.79 Å². The Labute approximate surface area is 181 Å². The minimum atomic E-state index is -0.321. The Bertz CT molecular complexity index is 956. The van der Waals surface area contributed by atoms with Crippen molar-refractivity contribution in [2.75, 3.05) is 24.5 Å². The first kappa shape index (κ1) is 20.7. The molecule has 0 radical (unpaired) electrons. The number of piperidine rings is 1. The second-order valence-electron chi connectivity index (χ2n) is 8.22. The zero-order valence-electron chi connectivity index (χ0n) is 17.1. The highest BCUT2D eigenvalue weighted by atomic mass is 35.5. The van der Waals surface area contributed by atoms with Gasteiger partial charge in [0, 0.05) is 36.6 Å². The van der Waals surface area contributed by atoms with E-state index in [4.69, 9.17) is 11.6 Å². The number of nitrogens with zero attached hydrogens (tertiary/aromatic N) is 3. The maximum absolute atomic E-state index is 13.3. The van der Waals surface area contributed by atoms with Crippen LogP contribution in [0.5, 0.6) is 0 Å². The Morgan fingerprint density at radius 3 is 2.53 bits per heavy atom. The highest BCUT2D eigenvalue weighted by Gasteiger charge is 2.36. The van der Waals surface area contributed by atoms with Gasteiger partial charge in [-0.05, 0) is 55.9 Å². The van der Waals surface area contributed by atoms with Crippen LogP contribution >= 0.6 is 11.6 Å². The van der Waals surface area contributed by atoms with Crippen molar-refractivity contribution in [3.8, 4) is 0 Å². The summed E-state index contributed by atoms with van der Waals surface area (Å²) < 4.78 is 0. The van der Waals surface area contributed by atoms with Gasteiger partial charge < -0.3 is 9.80 Å². The number of likely N-dealkylation sites (tertiary alicyclic amines) is 1. The van der Waals surface area contributed by atoms with Crippen LogP contribution in [0, 0.1) is 23.0 Å². The van der Waals surface area contributed by atoms with E-state index in [1.54, 1.807) is 6.07 Å². The standard InChI is InChI=1S/C23H26ClN3O3/c1-16-8-9-21(22(15-16)27(29)30)25-13-10-17(11-14-25)23(28)26-12-4-7-20(26)18-5-2-3-6-19(18)24/h2-3,5-6,8-9,15,17,20H,4,7,10-14H2,1H3/t20-/m1/s1. The second kappa shape index (κ2) is 8.64. The van der Waals surface area contributed by atoms with Crippen molar-refractivity contribution in [2.45, 2.75) is 38.6 Å². The molecule has 0 N–H and O–H groups in total. The lowest BCUT2D eigenvalue weighted by molar-refractivity contribution is -0.384. The van der Waals surface area contributed by atoms with Gasteiger partial charge in [-0.3, -0.25) is 14.9 Å². The molecule has 2 aromatic rings. The predicted octanol–water partition coefficient (Wildman–Crippen LogP) is 5.14. The Hall–Kier alpha value is -2.60. The third-order valence-electron chi connectivity index (χ3n) is 6.31. The number of anilines is 1. The van der Waals surface area contributed by atoms with Crippen LogP contribution in [0.3, 0.4) is 0 Å². The molecule has 6 nitrogen and oxygen atoms in total. The number of halogens is 1. The first-order valence-electron chi connectivity index (χ1n) is 10.5. The molecular weight excluding hydrogens is 402 g/mol. The van der Waals surface area contributed by atoms with E-state index in [2.05, 4.69) is 0 Å². The Morgan fingerprint density at radius 1 is 1.10 bits per heavy atom. The molecule has 0 bridgehead atoms. The van der Waals surface area contributed by atoms with E-state index in [0.29, 0.717) is 36.6 Å². The van der Waals surface area contributed by atoms with Gasteiger partial charge in [0.1, 0.15) is 5.69 Å². The fourth-order valence-corrected chi connectivity index (χ4v) is 5.01. The van der Waals surface area contributed by atoms with Gasteiger partial charge in [-0.2, -0.15) is 0 Å². The van der Waals surface area contributed by atoms with Gasteiger partial charge in [0.05, 0.1) is 11.0 Å². The van der Waals surface area contributed by atoms with Crippen molar-refractivity contribution in [1.82, 2.24) is 4.90 Å². The summed E-state index contributed by atoms with van der Waals surface area (Å²) >= 11 is 6.40. The number of hydrogen-bond donors (Lipinski definition) is 0. The van der Waals surface area contributed by atoms with Gasteiger partial charge >= 0.3 is 0 Å². The molecule has 0 saturated carbocycles. The third-order valence-corrected chi connectivity index (χ3v) is 6.66. The van der Waals surface area contributed by atoms with E-state index in [1.807, 2.05) is 53.1 Å². The lowest BCUT2D eigenvalue weighted by Crippen LogP contribution is -2.42. The monoisotopic (exact) mass is 427 g/mol. The van der Waals surface area contributed by atoms with E-state index >= 15 is 0 Å². The molecule has 0 unspecified atom stereocenters. The molecule has 2 saturated heterocycles. The molecule has 158 valence electrons. The lowest BCUT2D eigenvalue weighted by atomic mass is 9.93. The molecule has 1 amide bonds. The number of nitro groups is 1. The van der Waals surface area contributed by atoms with Gasteiger partial charge in [0.2, 0.25) is 5.91 Å². The summed E-state index contributed by atoms with van der Waals surface area (Å²) in [4.78, 5) is 28.5. The van der Waals surface area contributed by atoms with Crippen LogP contribution in [0.25, 0.3) is 0 Å². The van der Waals surface area contributed by atoms with Gasteiger partial charge in [0.25, 0.3) is 5.69 Å². The number of carbonyl (C=O) groups excluding carboxylic acids is 1. The zero-order chi connectivity index (χ0) is 21.3. The van der Waals surface area contributed by atoms with Crippen LogP contribution in [0.4, 0.5) is 11.4 Å². The number of carbonyl (C=O) groups is 1. The maximum Gasteiger partial charge on any atom is 0.292 e. The quantitative estimate of drug-likeness (QED) is 0.500. The normalized spacial score (nSPS) is 19.9. The summed E-state index contributed by atoms with van der Waals surface area (Å²) in [6, 6.07) is 13.2. The molecule has 2 fully saturated rings. The fraction of sp³-hybridized carbons (Fsp3) is 0.435. The van der Waals surface area contributed by atoms with Crippen LogP contribution in [-0.4, -0.2) is 35.4 Å². The number of benzene rings is 2. The Balaban J connectivity index is 1.45. The van der Waals surface area contributed by atoms with Crippen molar-refractivity contribution in [1.29, 1.82) is 0 Å². The molecular formula is C23H26ClN3O3. The van der Waals surface area contributed by atoms with Crippen LogP contribution in [0.2, 0.25) is 5.02 Å². The van der Waals surface area contributed by atoms with Gasteiger partial charge in [-0.25, -0.2) is 0 Å². The SMILES string of the molecule is Cc1ccc(N2CCC(C(=O)N3CCC[C@@H]3c3ccccc3Cl)CC2)c([N+](=O)[O-])c1. The molecule has 7 heteroatoms. The molecule has 30 heavy (non-hydrogen) atoms. The number of rotatable bonds is 4. The summed E-state index contributed by atoms with van der Waals surface area (Å²) in [7, 11) is 0. The number of amides is 1. The van der Waals surface area contributed by atoms with Crippen molar-refractivity contribution in [2.24, 2.45) is 5.92 Å². The molecule has 0 spiro atoms. The van der Waals surface area contributed by atoms with E-state index < -0.39 is 0 Å². The maximum atomic E-state index is 13.3. The largest absolute Gasteiger partial charge is 0.366 e. The molecule has 2 heterocycles. The summed E-state index contributed by atoms with van der Waals surface area (Å²) in [5.41, 5.74) is 2.68. The average molecular weight is 428 g/mol. The van der Waals surface area contributed by atoms with Crippen molar-refractivity contribution >= 4 is 28.9 Å². The van der Waals surface area contributed by atoms with Crippen molar-refractivity contribution < 1.29 is 9.72 Å². The van der Waals surface area contributed by atoms with E-state index in [9.17, 15) is 14.9 Å². The van der Waals surface area contributed by atoms with E-state index in [-0.39, 0.29) is 28.5 Å². The van der Waals surface area contributed by atoms with Crippen molar-refractivity contribution in [3.05, 3.63) is 68.7 Å². The van der Waals surface area contributed by atoms with Gasteiger partial charge in [-0.1, -0.05) is 35.9 Å². The summed E-state index contributed by atoms with van der Waals surface area (Å²) in [6.07, 6.45) is 3.32. The molecule has 0 aromatic heterocycles. The zero-order valence-corrected chi connectivity index (χ0v) is 17.8. The minimum absolute atomic E-state index is 0.0439. The highest BCUT2D eigenvalue weighted by Crippen LogP contribution is 2.38.